The molecule has 0 aliphatic heterocycles. The Morgan fingerprint density at radius 2 is 2.04 bits per heavy atom. The van der Waals surface area contributed by atoms with E-state index < -0.39 is 6.55 Å². The van der Waals surface area contributed by atoms with Gasteiger partial charge in [0.2, 0.25) is 0 Å². The molecule has 2 aromatic rings. The number of amides is 2. The molecule has 1 atom stereocenters. The number of hydrogen-bond donors (Lipinski definition) is 2. The highest BCUT2D eigenvalue weighted by Crippen LogP contribution is 2.24. The Balaban J connectivity index is 2.02. The summed E-state index contributed by atoms with van der Waals surface area (Å²) in [5.74, 6) is 0.173. The van der Waals surface area contributed by atoms with E-state index in [4.69, 9.17) is 4.74 Å². The van der Waals surface area contributed by atoms with Gasteiger partial charge in [0.15, 0.2) is 0 Å². The van der Waals surface area contributed by atoms with E-state index in [9.17, 15) is 13.6 Å². The summed E-state index contributed by atoms with van der Waals surface area (Å²) in [7, 11) is 1.57. The summed E-state index contributed by atoms with van der Waals surface area (Å²) in [6.07, 6.45) is 3.29. The number of halogens is 2. The van der Waals surface area contributed by atoms with Crippen LogP contribution in [0.1, 0.15) is 19.9 Å². The van der Waals surface area contributed by atoms with Gasteiger partial charge in [-0.15, -0.1) is 0 Å². The SMILES string of the molecule is CCC(COC)NC(=O)Nc1ccc(-c2nccn2C(F)F)cc1. The molecule has 1 aromatic carbocycles. The van der Waals surface area contributed by atoms with E-state index >= 15 is 0 Å². The van der Waals surface area contributed by atoms with Crippen LogP contribution in [-0.4, -0.2) is 35.3 Å². The number of carbonyl (C=O) groups is 1. The molecule has 0 saturated heterocycles. The number of ether oxygens (including phenoxy) is 1. The number of hydrogen-bond acceptors (Lipinski definition) is 3. The van der Waals surface area contributed by atoms with E-state index in [2.05, 4.69) is 15.6 Å². The van der Waals surface area contributed by atoms with Crippen molar-refractivity contribution in [3.8, 4) is 11.4 Å². The fourth-order valence-corrected chi connectivity index (χ4v) is 2.21. The van der Waals surface area contributed by atoms with E-state index in [0.29, 0.717) is 17.9 Å². The zero-order valence-electron chi connectivity index (χ0n) is 13.5. The molecule has 0 aliphatic rings. The van der Waals surface area contributed by atoms with Crippen molar-refractivity contribution in [1.82, 2.24) is 14.9 Å². The number of carbonyl (C=O) groups excluding carboxylic acids is 1. The number of methoxy groups -OCH3 is 1. The third-order valence-electron chi connectivity index (χ3n) is 3.48. The minimum absolute atomic E-state index is 0.0761. The number of benzene rings is 1. The first-order chi connectivity index (χ1) is 11.5. The molecule has 24 heavy (non-hydrogen) atoms. The molecule has 0 saturated carbocycles. The Morgan fingerprint density at radius 3 is 2.62 bits per heavy atom. The number of nitrogens with zero attached hydrogens (tertiary/aromatic N) is 2. The monoisotopic (exact) mass is 338 g/mol. The number of aromatic nitrogens is 2. The third-order valence-corrected chi connectivity index (χ3v) is 3.48. The van der Waals surface area contributed by atoms with Crippen molar-refractivity contribution in [3.63, 3.8) is 0 Å². The minimum Gasteiger partial charge on any atom is -0.383 e. The second kappa shape index (κ2) is 8.39. The van der Waals surface area contributed by atoms with Crippen molar-refractivity contribution in [1.29, 1.82) is 0 Å². The summed E-state index contributed by atoms with van der Waals surface area (Å²) >= 11 is 0. The van der Waals surface area contributed by atoms with Crippen molar-refractivity contribution in [3.05, 3.63) is 36.7 Å². The van der Waals surface area contributed by atoms with E-state index in [1.165, 1.54) is 12.4 Å². The zero-order chi connectivity index (χ0) is 17.5. The van der Waals surface area contributed by atoms with Gasteiger partial charge in [-0.3, -0.25) is 4.57 Å². The van der Waals surface area contributed by atoms with Gasteiger partial charge in [-0.2, -0.15) is 8.78 Å². The van der Waals surface area contributed by atoms with Crippen LogP contribution in [-0.2, 0) is 4.74 Å². The quantitative estimate of drug-likeness (QED) is 0.812. The molecule has 2 N–H and O–H groups in total. The standard InChI is InChI=1S/C16H20F2N4O2/c1-3-12(10-24-2)20-16(23)21-13-6-4-11(5-7-13)14-19-8-9-22(14)15(17)18/h4-9,12,15H,3,10H2,1-2H3,(H2,20,21,23). The average Bonchev–Trinajstić information content (AvgIpc) is 3.05. The molecule has 0 spiro atoms. The molecule has 1 heterocycles. The van der Waals surface area contributed by atoms with Crippen molar-refractivity contribution < 1.29 is 18.3 Å². The molecule has 6 nitrogen and oxygen atoms in total. The number of alkyl halides is 2. The van der Waals surface area contributed by atoms with Crippen molar-refractivity contribution in [2.75, 3.05) is 19.0 Å². The van der Waals surface area contributed by atoms with E-state index in [-0.39, 0.29) is 17.9 Å². The summed E-state index contributed by atoms with van der Waals surface area (Å²) in [6, 6.07) is 6.11. The molecule has 130 valence electrons. The Morgan fingerprint density at radius 1 is 1.33 bits per heavy atom. The second-order valence-electron chi connectivity index (χ2n) is 5.17. The largest absolute Gasteiger partial charge is 0.383 e. The lowest BCUT2D eigenvalue weighted by atomic mass is 10.2. The first kappa shape index (κ1) is 17.9. The van der Waals surface area contributed by atoms with Crippen LogP contribution in [0, 0.1) is 0 Å². The molecule has 8 heteroatoms. The van der Waals surface area contributed by atoms with Crippen LogP contribution < -0.4 is 10.6 Å². The Kier molecular flexibility index (Phi) is 6.25. The lowest BCUT2D eigenvalue weighted by Gasteiger charge is -2.16. The van der Waals surface area contributed by atoms with Crippen molar-refractivity contribution in [2.24, 2.45) is 0 Å². The number of anilines is 1. The first-order valence-corrected chi connectivity index (χ1v) is 7.53. The highest BCUT2D eigenvalue weighted by Gasteiger charge is 2.13. The summed E-state index contributed by atoms with van der Waals surface area (Å²) in [5.41, 5.74) is 1.09. The Labute approximate surface area is 138 Å². The van der Waals surface area contributed by atoms with Gasteiger partial charge in [0, 0.05) is 30.8 Å². The lowest BCUT2D eigenvalue weighted by molar-refractivity contribution is 0.0720. The molecule has 0 fully saturated rings. The smallest absolute Gasteiger partial charge is 0.320 e. The Hall–Kier alpha value is -2.48. The number of rotatable bonds is 7. The summed E-state index contributed by atoms with van der Waals surface area (Å²) in [6.45, 7) is -0.277. The van der Waals surface area contributed by atoms with Gasteiger partial charge in [0.05, 0.1) is 12.6 Å². The van der Waals surface area contributed by atoms with Gasteiger partial charge >= 0.3 is 12.6 Å². The molecular weight excluding hydrogens is 318 g/mol. The molecule has 1 unspecified atom stereocenters. The van der Waals surface area contributed by atoms with Crippen LogP contribution in [0.4, 0.5) is 19.3 Å². The van der Waals surface area contributed by atoms with Crippen LogP contribution in [0.2, 0.25) is 0 Å². The topological polar surface area (TPSA) is 68.2 Å². The van der Waals surface area contributed by atoms with Gasteiger partial charge in [0.25, 0.3) is 0 Å². The maximum atomic E-state index is 12.9. The molecule has 2 rings (SSSR count). The zero-order valence-corrected chi connectivity index (χ0v) is 13.5. The van der Waals surface area contributed by atoms with E-state index in [1.807, 2.05) is 6.92 Å². The van der Waals surface area contributed by atoms with Crippen LogP contribution in [0.3, 0.4) is 0 Å². The molecule has 2 amide bonds. The third kappa shape index (κ3) is 4.51. The minimum atomic E-state index is -2.65. The predicted octanol–water partition coefficient (Wildman–Crippen LogP) is 3.49. The second-order valence-corrected chi connectivity index (χ2v) is 5.17. The number of urea groups is 1. The summed E-state index contributed by atoms with van der Waals surface area (Å²) in [4.78, 5) is 15.9. The molecule has 0 aliphatic carbocycles. The lowest BCUT2D eigenvalue weighted by Crippen LogP contribution is -2.40. The van der Waals surface area contributed by atoms with Crippen LogP contribution in [0.15, 0.2) is 36.7 Å². The molecule has 0 bridgehead atoms. The van der Waals surface area contributed by atoms with Gasteiger partial charge in [-0.05, 0) is 30.7 Å². The van der Waals surface area contributed by atoms with Gasteiger partial charge in [-0.25, -0.2) is 9.78 Å². The van der Waals surface area contributed by atoms with Crippen molar-refractivity contribution in [2.45, 2.75) is 25.9 Å². The number of imidazole rings is 1. The maximum Gasteiger partial charge on any atom is 0.320 e. The predicted molar refractivity (Wildman–Crippen MR) is 87.0 cm³/mol. The van der Waals surface area contributed by atoms with E-state index in [1.54, 1.807) is 31.4 Å². The molecule has 0 radical (unpaired) electrons. The summed E-state index contributed by atoms with van der Waals surface area (Å²) < 4.78 is 31.5. The van der Waals surface area contributed by atoms with E-state index in [0.717, 1.165) is 11.0 Å². The normalized spacial score (nSPS) is 12.2. The first-order valence-electron chi connectivity index (χ1n) is 7.53. The highest BCUT2D eigenvalue weighted by molar-refractivity contribution is 5.89. The van der Waals surface area contributed by atoms with Gasteiger partial charge in [0.1, 0.15) is 5.82 Å². The average molecular weight is 338 g/mol. The Bertz CT molecular complexity index is 658. The molecular formula is C16H20F2N4O2. The van der Waals surface area contributed by atoms with Crippen LogP contribution >= 0.6 is 0 Å². The fourth-order valence-electron chi connectivity index (χ4n) is 2.21. The number of nitrogens with one attached hydrogen (secondary N) is 2. The summed E-state index contributed by atoms with van der Waals surface area (Å²) in [5, 5.41) is 5.49. The van der Waals surface area contributed by atoms with Crippen LogP contribution in [0.25, 0.3) is 11.4 Å². The van der Waals surface area contributed by atoms with Crippen molar-refractivity contribution >= 4 is 11.7 Å². The highest BCUT2D eigenvalue weighted by atomic mass is 19.3. The van der Waals surface area contributed by atoms with Gasteiger partial charge < -0.3 is 15.4 Å². The van der Waals surface area contributed by atoms with Crippen LogP contribution in [0.5, 0.6) is 0 Å². The fraction of sp³-hybridized carbons (Fsp3) is 0.375. The van der Waals surface area contributed by atoms with Gasteiger partial charge in [-0.1, -0.05) is 6.92 Å². The molecule has 1 aromatic heterocycles. The maximum absolute atomic E-state index is 12.9.